The van der Waals surface area contributed by atoms with Crippen molar-refractivity contribution in [3.63, 3.8) is 0 Å². The smallest absolute Gasteiger partial charge is 0.0599 e. The zero-order valence-corrected chi connectivity index (χ0v) is 9.94. The molecule has 0 aliphatic carbocycles. The van der Waals surface area contributed by atoms with Gasteiger partial charge in [0.25, 0.3) is 0 Å². The first-order valence-electron chi connectivity index (χ1n) is 5.51. The maximum Gasteiger partial charge on any atom is 0.0599 e. The fourth-order valence-corrected chi connectivity index (χ4v) is 1.68. The largest absolute Gasteiger partial charge is 0.375 e. The van der Waals surface area contributed by atoms with E-state index in [-0.39, 0.29) is 11.1 Å². The topological polar surface area (TPSA) is 33.3 Å². The van der Waals surface area contributed by atoms with Gasteiger partial charge in [-0.1, -0.05) is 0 Å². The Labute approximate surface area is 87.6 Å². The van der Waals surface area contributed by atoms with E-state index < -0.39 is 0 Å². The van der Waals surface area contributed by atoms with Gasteiger partial charge in [0.1, 0.15) is 0 Å². The highest BCUT2D eigenvalue weighted by Gasteiger charge is 2.27. The number of rotatable bonds is 4. The zero-order valence-electron chi connectivity index (χ0n) is 9.94. The lowest BCUT2D eigenvalue weighted by Gasteiger charge is -2.26. The minimum absolute atomic E-state index is 0.0174. The highest BCUT2D eigenvalue weighted by atomic mass is 16.5. The van der Waals surface area contributed by atoms with Crippen LogP contribution in [-0.2, 0) is 4.74 Å². The molecule has 1 saturated heterocycles. The fraction of sp³-hybridized carbons (Fsp3) is 1.00. The Morgan fingerprint density at radius 1 is 1.43 bits per heavy atom. The molecule has 1 fully saturated rings. The summed E-state index contributed by atoms with van der Waals surface area (Å²) in [5.41, 5.74) is 0.262. The van der Waals surface area contributed by atoms with Gasteiger partial charge in [0, 0.05) is 18.6 Å². The second-order valence-corrected chi connectivity index (χ2v) is 5.38. The first-order chi connectivity index (χ1) is 6.41. The summed E-state index contributed by atoms with van der Waals surface area (Å²) in [5.74, 6) is 0. The van der Waals surface area contributed by atoms with E-state index in [0.29, 0.717) is 0 Å². The molecular weight excluding hydrogens is 176 g/mol. The molecule has 1 aliphatic rings. The first kappa shape index (κ1) is 12.0. The van der Waals surface area contributed by atoms with Gasteiger partial charge in [-0.3, -0.25) is 0 Å². The van der Waals surface area contributed by atoms with E-state index in [1.54, 1.807) is 0 Å². The fourth-order valence-electron chi connectivity index (χ4n) is 1.68. The van der Waals surface area contributed by atoms with E-state index >= 15 is 0 Å². The molecule has 0 aromatic rings. The van der Waals surface area contributed by atoms with Crippen LogP contribution in [0.25, 0.3) is 0 Å². The Morgan fingerprint density at radius 2 is 2.14 bits per heavy atom. The number of nitrogens with one attached hydrogen (secondary N) is 2. The van der Waals surface area contributed by atoms with E-state index in [1.807, 2.05) is 0 Å². The van der Waals surface area contributed by atoms with Crippen molar-refractivity contribution in [1.29, 1.82) is 0 Å². The van der Waals surface area contributed by atoms with Crippen LogP contribution in [0.3, 0.4) is 0 Å². The van der Waals surface area contributed by atoms with Crippen LogP contribution < -0.4 is 10.6 Å². The summed E-state index contributed by atoms with van der Waals surface area (Å²) in [6.07, 6.45) is 1.21. The Kier molecular flexibility index (Phi) is 3.93. The molecule has 0 radical (unpaired) electrons. The Balaban J connectivity index is 2.09. The maximum absolute atomic E-state index is 5.65. The summed E-state index contributed by atoms with van der Waals surface area (Å²) >= 11 is 0. The van der Waals surface area contributed by atoms with Gasteiger partial charge in [-0.05, 0) is 40.7 Å². The van der Waals surface area contributed by atoms with Gasteiger partial charge in [-0.25, -0.2) is 0 Å². The van der Waals surface area contributed by atoms with Crippen molar-refractivity contribution in [2.24, 2.45) is 0 Å². The molecule has 0 bridgehead atoms. The maximum atomic E-state index is 5.65. The van der Waals surface area contributed by atoms with E-state index in [9.17, 15) is 0 Å². The average molecular weight is 200 g/mol. The molecule has 1 heterocycles. The van der Waals surface area contributed by atoms with E-state index in [2.05, 4.69) is 38.3 Å². The summed E-state index contributed by atoms with van der Waals surface area (Å²) in [7, 11) is 0. The van der Waals surface area contributed by atoms with E-state index in [4.69, 9.17) is 4.74 Å². The van der Waals surface area contributed by atoms with Crippen molar-refractivity contribution >= 4 is 0 Å². The van der Waals surface area contributed by atoms with Crippen molar-refractivity contribution in [2.45, 2.75) is 45.3 Å². The van der Waals surface area contributed by atoms with Crippen LogP contribution in [0.15, 0.2) is 0 Å². The van der Waals surface area contributed by atoms with Crippen LogP contribution in [0.5, 0.6) is 0 Å². The van der Waals surface area contributed by atoms with Crippen molar-refractivity contribution in [1.82, 2.24) is 10.6 Å². The van der Waals surface area contributed by atoms with Crippen LogP contribution in [0.2, 0.25) is 0 Å². The minimum atomic E-state index is -0.0174. The molecule has 2 N–H and O–H groups in total. The molecule has 0 spiro atoms. The van der Waals surface area contributed by atoms with Gasteiger partial charge in [-0.2, -0.15) is 0 Å². The second kappa shape index (κ2) is 4.60. The van der Waals surface area contributed by atoms with Crippen LogP contribution in [0.1, 0.15) is 34.1 Å². The lowest BCUT2D eigenvalue weighted by atomic mass is 10.0. The molecule has 1 rings (SSSR count). The summed E-state index contributed by atoms with van der Waals surface area (Å²) in [5, 5.41) is 6.91. The highest BCUT2D eigenvalue weighted by molar-refractivity contribution is 4.91. The van der Waals surface area contributed by atoms with Crippen molar-refractivity contribution < 1.29 is 4.74 Å². The van der Waals surface area contributed by atoms with Gasteiger partial charge in [-0.15, -0.1) is 0 Å². The molecule has 1 aliphatic heterocycles. The highest BCUT2D eigenvalue weighted by Crippen LogP contribution is 2.12. The van der Waals surface area contributed by atoms with Gasteiger partial charge < -0.3 is 15.4 Å². The van der Waals surface area contributed by atoms with Crippen LogP contribution in [-0.4, -0.2) is 37.4 Å². The molecule has 1 unspecified atom stereocenters. The minimum Gasteiger partial charge on any atom is -0.375 e. The summed E-state index contributed by atoms with van der Waals surface area (Å²) < 4.78 is 5.65. The predicted molar refractivity (Wildman–Crippen MR) is 59.6 cm³/mol. The average Bonchev–Trinajstić information content (AvgIpc) is 2.45. The quantitative estimate of drug-likeness (QED) is 0.668. The van der Waals surface area contributed by atoms with E-state index in [0.717, 1.165) is 26.2 Å². The van der Waals surface area contributed by atoms with Crippen LogP contribution in [0, 0.1) is 0 Å². The summed E-state index contributed by atoms with van der Waals surface area (Å²) in [4.78, 5) is 0. The molecule has 14 heavy (non-hydrogen) atoms. The number of hydrogen-bond acceptors (Lipinski definition) is 3. The molecule has 0 aromatic carbocycles. The van der Waals surface area contributed by atoms with E-state index in [1.165, 1.54) is 6.42 Å². The predicted octanol–water partition coefficient (Wildman–Crippen LogP) is 1.14. The molecule has 1 atom stereocenters. The molecule has 0 saturated carbocycles. The number of ether oxygens (including phenoxy) is 1. The van der Waals surface area contributed by atoms with Gasteiger partial charge in [0.05, 0.1) is 12.2 Å². The molecule has 0 amide bonds. The zero-order chi connectivity index (χ0) is 10.7. The molecule has 3 heteroatoms. The van der Waals surface area contributed by atoms with Gasteiger partial charge in [0.15, 0.2) is 0 Å². The molecule has 84 valence electrons. The normalized spacial score (nSPS) is 28.3. The Bertz CT molecular complexity index is 169. The molecular formula is C11H24N2O. The van der Waals surface area contributed by atoms with Crippen molar-refractivity contribution in [2.75, 3.05) is 26.2 Å². The van der Waals surface area contributed by atoms with Crippen LogP contribution in [0.4, 0.5) is 0 Å². The first-order valence-corrected chi connectivity index (χ1v) is 5.51. The van der Waals surface area contributed by atoms with Gasteiger partial charge in [0.2, 0.25) is 0 Å². The summed E-state index contributed by atoms with van der Waals surface area (Å²) in [6, 6.07) is 0. The lowest BCUT2D eigenvalue weighted by Crippen LogP contribution is -2.46. The molecule has 3 nitrogen and oxygen atoms in total. The Hall–Kier alpha value is -0.120. The third-order valence-electron chi connectivity index (χ3n) is 2.56. The van der Waals surface area contributed by atoms with Crippen LogP contribution >= 0.6 is 0 Å². The third-order valence-corrected chi connectivity index (χ3v) is 2.56. The molecule has 0 aromatic heterocycles. The summed E-state index contributed by atoms with van der Waals surface area (Å²) in [6.45, 7) is 12.5. The standard InChI is InChI=1S/C11H24N2O/c1-10(2,3)14-8-7-13-11(4)5-6-12-9-11/h12-13H,5-9H2,1-4H3. The number of hydrogen-bond donors (Lipinski definition) is 2. The SMILES string of the molecule is CC1(NCCOC(C)(C)C)CCNC1. The second-order valence-electron chi connectivity index (χ2n) is 5.38. The monoisotopic (exact) mass is 200 g/mol. The van der Waals surface area contributed by atoms with Crippen molar-refractivity contribution in [3.8, 4) is 0 Å². The van der Waals surface area contributed by atoms with Crippen molar-refractivity contribution in [3.05, 3.63) is 0 Å². The van der Waals surface area contributed by atoms with Gasteiger partial charge >= 0.3 is 0 Å². The Morgan fingerprint density at radius 3 is 2.64 bits per heavy atom. The third kappa shape index (κ3) is 4.40. The lowest BCUT2D eigenvalue weighted by molar-refractivity contribution is -0.00280.